The highest BCUT2D eigenvalue weighted by atomic mass is 16.4. The third kappa shape index (κ3) is 5370. The molecule has 0 saturated heterocycles. The van der Waals surface area contributed by atoms with E-state index in [-0.39, 0.29) is 13.2 Å². The van der Waals surface area contributed by atoms with Crippen molar-refractivity contribution >= 4 is 24.2 Å². The molecular weight excluding hydrogens is 292 g/mol. The van der Waals surface area contributed by atoms with Crippen molar-refractivity contribution in [2.75, 3.05) is 19.8 Å². The van der Waals surface area contributed by atoms with E-state index in [0.29, 0.717) is 12.8 Å². The predicted molar refractivity (Wildman–Crippen MR) is 72.4 cm³/mol. The van der Waals surface area contributed by atoms with E-state index in [2.05, 4.69) is 5.43 Å². The smallest absolute Gasteiger partial charge is 0.300 e. The zero-order valence-electron chi connectivity index (χ0n) is 12.1. The van der Waals surface area contributed by atoms with Gasteiger partial charge in [0.1, 0.15) is 6.29 Å². The van der Waals surface area contributed by atoms with Crippen molar-refractivity contribution in [3.05, 3.63) is 0 Å². The van der Waals surface area contributed by atoms with E-state index < -0.39 is 17.9 Å². The van der Waals surface area contributed by atoms with Gasteiger partial charge >= 0.3 is 0 Å². The second-order valence-electron chi connectivity index (χ2n) is 2.58. The van der Waals surface area contributed by atoms with Gasteiger partial charge in [0.15, 0.2) is 0 Å². The van der Waals surface area contributed by atoms with Crippen LogP contribution in [0.15, 0.2) is 0 Å². The average Bonchev–Trinajstić information content (AvgIpc) is 2.28. The van der Waals surface area contributed by atoms with Gasteiger partial charge in [-0.3, -0.25) is 25.7 Å². The molecule has 128 valence electrons. The molecule has 0 aliphatic heterocycles. The molecule has 0 bridgehead atoms. The summed E-state index contributed by atoms with van der Waals surface area (Å²) in [5, 5.41) is 37.7. The number of aliphatic hydroxyl groups is 2. The topological polar surface area (TPSA) is 207 Å². The maximum atomic E-state index is 9.00. The molecule has 0 aliphatic carbocycles. The van der Waals surface area contributed by atoms with Crippen LogP contribution in [-0.4, -0.2) is 69.5 Å². The number of hydrogen-bond donors (Lipinski definition) is 7. The number of hydrogen-bond acceptors (Lipinski definition) is 8. The molecule has 0 aliphatic rings. The SMILES string of the molecule is CC(=O)O.CC(=O)O.CC(=O)O.NNCCO.O=CCO. The van der Waals surface area contributed by atoms with Gasteiger partial charge in [-0.25, -0.2) is 0 Å². The van der Waals surface area contributed by atoms with Crippen molar-refractivity contribution in [1.29, 1.82) is 0 Å². The number of carboxylic acid groups (broad SMARTS) is 3. The first kappa shape index (κ1) is 31.4. The summed E-state index contributed by atoms with van der Waals surface area (Å²) in [6.45, 7) is 3.47. The molecule has 8 N–H and O–H groups in total. The summed E-state index contributed by atoms with van der Waals surface area (Å²) in [4.78, 5) is 35.9. The van der Waals surface area contributed by atoms with Gasteiger partial charge in [0.05, 0.1) is 13.2 Å². The molecule has 0 heterocycles. The first-order valence-electron chi connectivity index (χ1n) is 5.20. The molecular formula is C10H24N2O9. The molecule has 0 saturated carbocycles. The number of hydrazine groups is 1. The third-order valence-electron chi connectivity index (χ3n) is 0.331. The van der Waals surface area contributed by atoms with Crippen molar-refractivity contribution < 1.29 is 44.7 Å². The van der Waals surface area contributed by atoms with Crippen LogP contribution in [0, 0.1) is 0 Å². The minimum Gasteiger partial charge on any atom is -0.481 e. The van der Waals surface area contributed by atoms with Crippen LogP contribution in [0.1, 0.15) is 20.8 Å². The van der Waals surface area contributed by atoms with Gasteiger partial charge in [0.2, 0.25) is 0 Å². The third-order valence-corrected chi connectivity index (χ3v) is 0.331. The lowest BCUT2D eigenvalue weighted by molar-refractivity contribution is -0.135. The molecule has 0 fully saturated rings. The minimum atomic E-state index is -0.833. The fourth-order valence-corrected chi connectivity index (χ4v) is 0.0645. The molecule has 0 unspecified atom stereocenters. The normalized spacial score (nSPS) is 6.76. The van der Waals surface area contributed by atoms with E-state index >= 15 is 0 Å². The molecule has 11 nitrogen and oxygen atoms in total. The van der Waals surface area contributed by atoms with Crippen LogP contribution in [0.3, 0.4) is 0 Å². The number of rotatable bonds is 3. The van der Waals surface area contributed by atoms with Gasteiger partial charge in [-0.2, -0.15) is 0 Å². The molecule has 21 heavy (non-hydrogen) atoms. The number of aliphatic hydroxyl groups excluding tert-OH is 2. The first-order valence-corrected chi connectivity index (χ1v) is 5.20. The van der Waals surface area contributed by atoms with Gasteiger partial charge in [-0.15, -0.1) is 0 Å². The molecule has 11 heteroatoms. The average molecular weight is 316 g/mol. The Morgan fingerprint density at radius 2 is 1.14 bits per heavy atom. The van der Waals surface area contributed by atoms with Gasteiger partial charge in [-0.05, 0) is 0 Å². The largest absolute Gasteiger partial charge is 0.481 e. The Balaban J connectivity index is -0.0000000510. The maximum absolute atomic E-state index is 9.00. The van der Waals surface area contributed by atoms with Crippen LogP contribution in [0.2, 0.25) is 0 Å². The second kappa shape index (κ2) is 36.1. The van der Waals surface area contributed by atoms with E-state index in [4.69, 9.17) is 50.6 Å². The summed E-state index contributed by atoms with van der Waals surface area (Å²) in [6.07, 6.45) is 0.431. The number of aldehydes is 1. The van der Waals surface area contributed by atoms with Crippen LogP contribution < -0.4 is 11.3 Å². The molecule has 0 spiro atoms. The van der Waals surface area contributed by atoms with Crippen molar-refractivity contribution in [2.45, 2.75) is 20.8 Å². The van der Waals surface area contributed by atoms with Gasteiger partial charge in [-0.1, -0.05) is 0 Å². The zero-order chi connectivity index (χ0) is 18.3. The minimum absolute atomic E-state index is 0.108. The fourth-order valence-electron chi connectivity index (χ4n) is 0.0645. The number of carboxylic acids is 3. The highest BCUT2D eigenvalue weighted by Gasteiger charge is 1.66. The fraction of sp³-hybridized carbons (Fsp3) is 0.600. The maximum Gasteiger partial charge on any atom is 0.300 e. The van der Waals surface area contributed by atoms with Crippen molar-refractivity contribution in [2.24, 2.45) is 5.84 Å². The standard InChI is InChI=1S/C2H8N2O.4C2H4O2/c3-4-1-2-5;3*1-2(3)4;3-1-2-4/h4-5H,1-3H2;3*1H3,(H,3,4);1,4H,2H2. The first-order chi connectivity index (χ1) is 9.52. The Bertz CT molecular complexity index is 204. The molecule has 0 rings (SSSR count). The van der Waals surface area contributed by atoms with Crippen LogP contribution in [0.5, 0.6) is 0 Å². The van der Waals surface area contributed by atoms with Crippen molar-refractivity contribution in [3.63, 3.8) is 0 Å². The number of carbonyl (C=O) groups is 4. The molecule has 0 aromatic carbocycles. The van der Waals surface area contributed by atoms with Gasteiger partial charge in [0.25, 0.3) is 17.9 Å². The number of nitrogens with two attached hydrogens (primary N) is 1. The monoisotopic (exact) mass is 316 g/mol. The summed E-state index contributed by atoms with van der Waals surface area (Å²) in [5.74, 6) is 2.23. The van der Waals surface area contributed by atoms with E-state index in [1.807, 2.05) is 0 Å². The summed E-state index contributed by atoms with van der Waals surface area (Å²) in [5.41, 5.74) is 2.27. The van der Waals surface area contributed by atoms with Crippen molar-refractivity contribution in [3.8, 4) is 0 Å². The molecule has 0 aromatic rings. The molecule has 0 atom stereocenters. The number of nitrogens with one attached hydrogen (secondary N) is 1. The second-order valence-corrected chi connectivity index (χ2v) is 2.58. The summed E-state index contributed by atoms with van der Waals surface area (Å²) in [7, 11) is 0. The van der Waals surface area contributed by atoms with Gasteiger partial charge < -0.3 is 30.3 Å². The van der Waals surface area contributed by atoms with Crippen LogP contribution in [0.25, 0.3) is 0 Å². The summed E-state index contributed by atoms with van der Waals surface area (Å²) >= 11 is 0. The van der Waals surface area contributed by atoms with E-state index in [0.717, 1.165) is 20.8 Å². The van der Waals surface area contributed by atoms with Gasteiger partial charge in [0, 0.05) is 27.3 Å². The van der Waals surface area contributed by atoms with E-state index in [1.165, 1.54) is 0 Å². The zero-order valence-corrected chi connectivity index (χ0v) is 12.1. The van der Waals surface area contributed by atoms with E-state index in [9.17, 15) is 0 Å². The van der Waals surface area contributed by atoms with E-state index in [1.54, 1.807) is 0 Å². The Kier molecular flexibility index (Phi) is 53.9. The molecule has 0 aromatic heterocycles. The van der Waals surface area contributed by atoms with Crippen molar-refractivity contribution in [1.82, 2.24) is 5.43 Å². The number of carbonyl (C=O) groups excluding carboxylic acids is 1. The molecule has 0 amide bonds. The van der Waals surface area contributed by atoms with Crippen LogP contribution >= 0.6 is 0 Å². The Hall–Kier alpha value is -2.08. The Morgan fingerprint density at radius 3 is 1.14 bits per heavy atom. The Labute approximate surface area is 122 Å². The predicted octanol–water partition coefficient (Wildman–Crippen LogP) is -2.11. The highest BCUT2D eigenvalue weighted by Crippen LogP contribution is 1.42. The quantitative estimate of drug-likeness (QED) is 0.170. The van der Waals surface area contributed by atoms with Crippen LogP contribution in [0.4, 0.5) is 0 Å². The summed E-state index contributed by atoms with van der Waals surface area (Å²) < 4.78 is 0. The lowest BCUT2D eigenvalue weighted by Crippen LogP contribution is -2.24. The number of aliphatic carboxylic acids is 3. The highest BCUT2D eigenvalue weighted by molar-refractivity contribution is 5.63. The lowest BCUT2D eigenvalue weighted by atomic mass is 10.7. The summed E-state index contributed by atoms with van der Waals surface area (Å²) in [6, 6.07) is 0. The molecule has 0 radical (unpaired) electrons. The van der Waals surface area contributed by atoms with Crippen LogP contribution in [-0.2, 0) is 19.2 Å². The lowest BCUT2D eigenvalue weighted by Gasteiger charge is -1.84. The Morgan fingerprint density at radius 1 is 0.952 bits per heavy atom.